The first-order chi connectivity index (χ1) is 9.19. The van der Waals surface area contributed by atoms with Crippen molar-refractivity contribution in [3.8, 4) is 0 Å². The first-order valence-corrected chi connectivity index (χ1v) is 7.53. The summed E-state index contributed by atoms with van der Waals surface area (Å²) in [5.74, 6) is 0. The first kappa shape index (κ1) is 14.0. The van der Waals surface area contributed by atoms with E-state index in [9.17, 15) is 4.79 Å². The molecule has 1 atom stereocenters. The van der Waals surface area contributed by atoms with Crippen LogP contribution in [-0.4, -0.2) is 22.7 Å². The van der Waals surface area contributed by atoms with Crippen LogP contribution in [0.15, 0.2) is 23.7 Å². The Morgan fingerprint density at radius 2 is 2.42 bits per heavy atom. The molecule has 0 fully saturated rings. The number of thiophene rings is 1. The molecule has 102 valence electrons. The normalized spacial score (nSPS) is 12.1. The molecule has 0 aromatic carbocycles. The minimum Gasteiger partial charge on any atom is -0.396 e. The molecule has 3 N–H and O–H groups in total. The molecule has 0 saturated carbocycles. The van der Waals surface area contributed by atoms with E-state index in [4.69, 9.17) is 5.11 Å². The Hall–Kier alpha value is -1.44. The van der Waals surface area contributed by atoms with Crippen LogP contribution in [0.3, 0.4) is 0 Å². The lowest BCUT2D eigenvalue weighted by Gasteiger charge is -2.16. The van der Waals surface area contributed by atoms with E-state index in [0.717, 1.165) is 9.75 Å². The molecular weight excluding hydrogens is 282 g/mol. The maximum Gasteiger partial charge on any atom is 0.321 e. The van der Waals surface area contributed by atoms with Gasteiger partial charge in [0.2, 0.25) is 0 Å². The maximum absolute atomic E-state index is 11.9. The van der Waals surface area contributed by atoms with Gasteiger partial charge in [-0.05, 0) is 24.8 Å². The molecule has 0 aliphatic heterocycles. The fourth-order valence-corrected chi connectivity index (χ4v) is 3.08. The monoisotopic (exact) mass is 297 g/mol. The summed E-state index contributed by atoms with van der Waals surface area (Å²) in [6, 6.07) is 3.39. The third-order valence-corrected chi connectivity index (χ3v) is 4.27. The molecule has 0 spiro atoms. The smallest absolute Gasteiger partial charge is 0.321 e. The van der Waals surface area contributed by atoms with Crippen LogP contribution in [0.25, 0.3) is 0 Å². The highest BCUT2D eigenvalue weighted by molar-refractivity contribution is 7.15. The predicted octanol–water partition coefficient (Wildman–Crippen LogP) is 2.76. The first-order valence-electron chi connectivity index (χ1n) is 5.83. The molecule has 5 nitrogen and oxygen atoms in total. The molecule has 2 amide bonds. The average Bonchev–Trinajstić information content (AvgIpc) is 3.00. The van der Waals surface area contributed by atoms with Crippen LogP contribution in [0.1, 0.15) is 22.2 Å². The van der Waals surface area contributed by atoms with Gasteiger partial charge in [0.25, 0.3) is 0 Å². The zero-order chi connectivity index (χ0) is 13.7. The third-order valence-electron chi connectivity index (χ3n) is 2.45. The van der Waals surface area contributed by atoms with Crippen LogP contribution in [-0.2, 0) is 0 Å². The highest BCUT2D eigenvalue weighted by atomic mass is 32.1. The summed E-state index contributed by atoms with van der Waals surface area (Å²) in [5, 5.41) is 17.1. The molecule has 0 radical (unpaired) electrons. The van der Waals surface area contributed by atoms with Gasteiger partial charge in [0.15, 0.2) is 5.13 Å². The molecule has 7 heteroatoms. The molecule has 0 saturated heterocycles. The summed E-state index contributed by atoms with van der Waals surface area (Å²) >= 11 is 2.98. The van der Waals surface area contributed by atoms with Gasteiger partial charge in [0.1, 0.15) is 0 Å². The quantitative estimate of drug-likeness (QED) is 0.794. The summed E-state index contributed by atoms with van der Waals surface area (Å²) in [7, 11) is 0. The topological polar surface area (TPSA) is 74.2 Å². The van der Waals surface area contributed by atoms with Gasteiger partial charge in [-0.3, -0.25) is 5.32 Å². The second kappa shape index (κ2) is 6.65. The van der Waals surface area contributed by atoms with E-state index in [-0.39, 0.29) is 18.7 Å². The van der Waals surface area contributed by atoms with E-state index in [2.05, 4.69) is 15.6 Å². The number of urea groups is 1. The number of anilines is 1. The van der Waals surface area contributed by atoms with E-state index in [1.807, 2.05) is 24.4 Å². The lowest BCUT2D eigenvalue weighted by molar-refractivity contribution is 0.239. The summed E-state index contributed by atoms with van der Waals surface area (Å²) < 4.78 is 0. The molecule has 0 aliphatic carbocycles. The number of rotatable bonds is 5. The van der Waals surface area contributed by atoms with E-state index < -0.39 is 0 Å². The number of aryl methyl sites for hydroxylation is 1. The Morgan fingerprint density at radius 3 is 3.00 bits per heavy atom. The van der Waals surface area contributed by atoms with Gasteiger partial charge in [-0.2, -0.15) is 0 Å². The Labute approximate surface area is 119 Å². The minimum atomic E-state index is -0.304. The van der Waals surface area contributed by atoms with E-state index >= 15 is 0 Å². The lowest BCUT2D eigenvalue weighted by Crippen LogP contribution is -2.32. The Kier molecular flexibility index (Phi) is 4.89. The number of aliphatic hydroxyl groups is 1. The highest BCUT2D eigenvalue weighted by Crippen LogP contribution is 2.22. The number of carbonyl (C=O) groups is 1. The number of carbonyl (C=O) groups excluding carboxylic acids is 1. The fourth-order valence-electron chi connectivity index (χ4n) is 1.61. The molecule has 2 aromatic rings. The van der Waals surface area contributed by atoms with Crippen LogP contribution in [0.5, 0.6) is 0 Å². The third kappa shape index (κ3) is 4.02. The zero-order valence-electron chi connectivity index (χ0n) is 10.4. The number of hydrogen-bond donors (Lipinski definition) is 3. The number of hydrogen-bond acceptors (Lipinski definition) is 5. The van der Waals surface area contributed by atoms with Crippen LogP contribution >= 0.6 is 22.7 Å². The summed E-state index contributed by atoms with van der Waals surface area (Å²) in [4.78, 5) is 18.0. The minimum absolute atomic E-state index is 0.0270. The van der Waals surface area contributed by atoms with Crippen LogP contribution in [0, 0.1) is 6.92 Å². The second-order valence-electron chi connectivity index (χ2n) is 3.95. The Balaban J connectivity index is 1.95. The predicted molar refractivity (Wildman–Crippen MR) is 77.8 cm³/mol. The molecular formula is C12H15N3O2S2. The summed E-state index contributed by atoms with van der Waals surface area (Å²) in [6.07, 6.45) is 2.20. The number of thiazole rings is 1. The van der Waals surface area contributed by atoms with Gasteiger partial charge < -0.3 is 10.4 Å². The molecule has 0 aliphatic rings. The van der Waals surface area contributed by atoms with E-state index in [1.165, 1.54) is 11.3 Å². The Morgan fingerprint density at radius 1 is 1.58 bits per heavy atom. The van der Waals surface area contributed by atoms with Gasteiger partial charge in [-0.15, -0.1) is 22.7 Å². The van der Waals surface area contributed by atoms with Gasteiger partial charge in [-0.1, -0.05) is 6.07 Å². The number of nitrogens with one attached hydrogen (secondary N) is 2. The SMILES string of the molecule is Cc1cnc(NC(=O)NC(CCO)c2cccs2)s1. The van der Waals surface area contributed by atoms with E-state index in [1.54, 1.807) is 17.5 Å². The summed E-state index contributed by atoms with van der Waals surface area (Å²) in [6.45, 7) is 1.96. The van der Waals surface area contributed by atoms with Gasteiger partial charge >= 0.3 is 6.03 Å². The standard InChI is InChI=1S/C12H15N3O2S2/c1-8-7-13-12(19-8)15-11(17)14-9(4-5-16)10-3-2-6-18-10/h2-3,6-7,9,16H,4-5H2,1H3,(H2,13,14,15,17). The number of aromatic nitrogens is 1. The van der Waals surface area contributed by atoms with Crippen molar-refractivity contribution < 1.29 is 9.90 Å². The van der Waals surface area contributed by atoms with Crippen molar-refractivity contribution in [1.82, 2.24) is 10.3 Å². The van der Waals surface area contributed by atoms with Crippen molar-refractivity contribution in [2.45, 2.75) is 19.4 Å². The maximum atomic E-state index is 11.9. The molecule has 2 aromatic heterocycles. The van der Waals surface area contributed by atoms with E-state index in [0.29, 0.717) is 11.6 Å². The molecule has 2 heterocycles. The number of amides is 2. The number of nitrogens with zero attached hydrogens (tertiary/aromatic N) is 1. The molecule has 19 heavy (non-hydrogen) atoms. The zero-order valence-corrected chi connectivity index (χ0v) is 12.1. The molecule has 2 rings (SSSR count). The number of aliphatic hydroxyl groups excluding tert-OH is 1. The molecule has 1 unspecified atom stereocenters. The second-order valence-corrected chi connectivity index (χ2v) is 6.17. The van der Waals surface area contributed by atoms with Crippen LogP contribution in [0.4, 0.5) is 9.93 Å². The molecule has 0 bridgehead atoms. The van der Waals surface area contributed by atoms with Crippen molar-refractivity contribution in [3.63, 3.8) is 0 Å². The van der Waals surface area contributed by atoms with Crippen LogP contribution in [0.2, 0.25) is 0 Å². The van der Waals surface area contributed by atoms with Crippen molar-refractivity contribution in [3.05, 3.63) is 33.5 Å². The largest absolute Gasteiger partial charge is 0.396 e. The van der Waals surface area contributed by atoms with Crippen molar-refractivity contribution >= 4 is 33.8 Å². The van der Waals surface area contributed by atoms with Crippen LogP contribution < -0.4 is 10.6 Å². The fraction of sp³-hybridized carbons (Fsp3) is 0.333. The lowest BCUT2D eigenvalue weighted by atomic mass is 10.2. The summed E-state index contributed by atoms with van der Waals surface area (Å²) in [5.41, 5.74) is 0. The van der Waals surface area contributed by atoms with Gasteiger partial charge in [0.05, 0.1) is 6.04 Å². The van der Waals surface area contributed by atoms with Gasteiger partial charge in [-0.25, -0.2) is 9.78 Å². The highest BCUT2D eigenvalue weighted by Gasteiger charge is 2.15. The average molecular weight is 297 g/mol. The van der Waals surface area contributed by atoms with Crippen molar-refractivity contribution in [1.29, 1.82) is 0 Å². The Bertz CT molecular complexity index is 525. The van der Waals surface area contributed by atoms with Crippen molar-refractivity contribution in [2.24, 2.45) is 0 Å². The van der Waals surface area contributed by atoms with Gasteiger partial charge in [0, 0.05) is 22.6 Å². The van der Waals surface area contributed by atoms with Crippen molar-refractivity contribution in [2.75, 3.05) is 11.9 Å².